The summed E-state index contributed by atoms with van der Waals surface area (Å²) in [5.74, 6) is 0. The summed E-state index contributed by atoms with van der Waals surface area (Å²) in [6.45, 7) is 4.26. The van der Waals surface area contributed by atoms with Crippen molar-refractivity contribution in [3.63, 3.8) is 0 Å². The topological polar surface area (TPSA) is 49.9 Å². The molecule has 0 radical (unpaired) electrons. The van der Waals surface area contributed by atoms with Gasteiger partial charge in [0.2, 0.25) is 0 Å². The number of nitrogens with one attached hydrogen (secondary N) is 1. The molecule has 0 bridgehead atoms. The van der Waals surface area contributed by atoms with Crippen LogP contribution in [0.2, 0.25) is 0 Å². The van der Waals surface area contributed by atoms with Gasteiger partial charge in [0, 0.05) is 10.1 Å². The Labute approximate surface area is 125 Å². The van der Waals surface area contributed by atoms with Crippen LogP contribution in [0.25, 0.3) is 10.1 Å². The molecule has 1 N–H and O–H groups in total. The molecule has 3 nitrogen and oxygen atoms in total. The van der Waals surface area contributed by atoms with Gasteiger partial charge in [-0.3, -0.25) is 14.6 Å². The van der Waals surface area contributed by atoms with Gasteiger partial charge in [0.25, 0.3) is 5.56 Å². The third-order valence-electron chi connectivity index (χ3n) is 3.86. The summed E-state index contributed by atoms with van der Waals surface area (Å²) >= 11 is 1.06. The number of benzene rings is 2. The standard InChI is InChI=1S/C17H15NO2S/c1-17(2,11-6-4-3-5-7-11)12-8-9-14-13(10-12)15(19)18-16(20)21-14/h3-10H,1-2H3,(H,18,19,20). The van der Waals surface area contributed by atoms with Crippen molar-refractivity contribution in [3.05, 3.63) is 79.7 Å². The van der Waals surface area contributed by atoms with Crippen LogP contribution in [0, 0.1) is 0 Å². The van der Waals surface area contributed by atoms with E-state index in [0.717, 1.165) is 21.6 Å². The minimum atomic E-state index is -0.320. The van der Waals surface area contributed by atoms with Crippen LogP contribution in [0.15, 0.2) is 58.1 Å². The lowest BCUT2D eigenvalue weighted by Gasteiger charge is -2.26. The third kappa shape index (κ3) is 2.43. The molecule has 2 aromatic carbocycles. The molecule has 1 aromatic heterocycles. The van der Waals surface area contributed by atoms with Gasteiger partial charge >= 0.3 is 4.87 Å². The third-order valence-corrected chi connectivity index (χ3v) is 4.72. The molecule has 0 unspecified atom stereocenters. The average Bonchev–Trinajstić information content (AvgIpc) is 2.47. The molecule has 21 heavy (non-hydrogen) atoms. The summed E-state index contributed by atoms with van der Waals surface area (Å²) in [5.41, 5.74) is 1.71. The molecule has 0 saturated heterocycles. The van der Waals surface area contributed by atoms with Gasteiger partial charge in [0.05, 0.1) is 5.39 Å². The zero-order chi connectivity index (χ0) is 15.0. The van der Waals surface area contributed by atoms with Gasteiger partial charge in [-0.15, -0.1) is 0 Å². The first-order valence-electron chi connectivity index (χ1n) is 6.72. The first-order valence-corrected chi connectivity index (χ1v) is 7.53. The van der Waals surface area contributed by atoms with E-state index in [-0.39, 0.29) is 15.8 Å². The predicted octanol–water partition coefficient (Wildman–Crippen LogP) is 3.28. The molecule has 4 heteroatoms. The summed E-state index contributed by atoms with van der Waals surface area (Å²) in [6, 6.07) is 15.9. The number of hydrogen-bond acceptors (Lipinski definition) is 3. The molecule has 0 fully saturated rings. The Balaban J connectivity index is 2.22. The number of hydrogen-bond donors (Lipinski definition) is 1. The normalized spacial score (nSPS) is 11.7. The molecule has 3 aromatic rings. The summed E-state index contributed by atoms with van der Waals surface area (Å²) < 4.78 is 0.719. The van der Waals surface area contributed by atoms with Crippen molar-refractivity contribution < 1.29 is 0 Å². The van der Waals surface area contributed by atoms with Gasteiger partial charge in [-0.1, -0.05) is 61.6 Å². The van der Waals surface area contributed by atoms with E-state index >= 15 is 0 Å². The van der Waals surface area contributed by atoms with Crippen LogP contribution >= 0.6 is 11.3 Å². The largest absolute Gasteiger partial charge is 0.307 e. The van der Waals surface area contributed by atoms with Gasteiger partial charge < -0.3 is 0 Å². The molecule has 1 heterocycles. The zero-order valence-corrected chi connectivity index (χ0v) is 12.7. The smallest absolute Gasteiger partial charge is 0.280 e. The Morgan fingerprint density at radius 2 is 1.67 bits per heavy atom. The molecule has 0 amide bonds. The van der Waals surface area contributed by atoms with E-state index in [1.54, 1.807) is 0 Å². The van der Waals surface area contributed by atoms with Crippen LogP contribution in [0.5, 0.6) is 0 Å². The van der Waals surface area contributed by atoms with Crippen molar-refractivity contribution in [1.82, 2.24) is 4.98 Å². The van der Waals surface area contributed by atoms with E-state index in [1.807, 2.05) is 36.4 Å². The Morgan fingerprint density at radius 1 is 0.952 bits per heavy atom. The lowest BCUT2D eigenvalue weighted by molar-refractivity contribution is 0.642. The van der Waals surface area contributed by atoms with E-state index in [0.29, 0.717) is 5.39 Å². The Hall–Kier alpha value is -2.20. The molecule has 0 aliphatic carbocycles. The highest BCUT2D eigenvalue weighted by atomic mass is 32.1. The first kappa shape index (κ1) is 13.8. The molecule has 0 atom stereocenters. The molecule has 0 spiro atoms. The van der Waals surface area contributed by atoms with Gasteiger partial charge in [-0.25, -0.2) is 0 Å². The van der Waals surface area contributed by atoms with Crippen LogP contribution in [-0.2, 0) is 5.41 Å². The van der Waals surface area contributed by atoms with E-state index in [4.69, 9.17) is 0 Å². The summed E-state index contributed by atoms with van der Waals surface area (Å²) in [5, 5.41) is 0.570. The Bertz CT molecular complexity index is 907. The lowest BCUT2D eigenvalue weighted by Crippen LogP contribution is -2.20. The van der Waals surface area contributed by atoms with Crippen LogP contribution < -0.4 is 10.4 Å². The van der Waals surface area contributed by atoms with Crippen LogP contribution in [0.4, 0.5) is 0 Å². The fourth-order valence-electron chi connectivity index (χ4n) is 2.49. The highest BCUT2D eigenvalue weighted by molar-refractivity contribution is 7.15. The number of aromatic nitrogens is 1. The minimum absolute atomic E-state index is 0.206. The maximum Gasteiger partial charge on any atom is 0.307 e. The fourth-order valence-corrected chi connectivity index (χ4v) is 3.23. The second-order valence-corrected chi connectivity index (χ2v) is 6.56. The highest BCUT2D eigenvalue weighted by Gasteiger charge is 2.23. The SMILES string of the molecule is CC(C)(c1ccccc1)c1ccc2sc(=O)[nH]c(=O)c2c1. The summed E-state index contributed by atoms with van der Waals surface area (Å²) in [7, 11) is 0. The van der Waals surface area contributed by atoms with E-state index in [1.165, 1.54) is 5.56 Å². The highest BCUT2D eigenvalue weighted by Crippen LogP contribution is 2.32. The van der Waals surface area contributed by atoms with Crippen LogP contribution in [0.1, 0.15) is 25.0 Å². The average molecular weight is 297 g/mol. The van der Waals surface area contributed by atoms with Crippen molar-refractivity contribution in [2.45, 2.75) is 19.3 Å². The molecular weight excluding hydrogens is 282 g/mol. The predicted molar refractivity (Wildman–Crippen MR) is 87.3 cm³/mol. The monoisotopic (exact) mass is 297 g/mol. The Morgan fingerprint density at radius 3 is 2.38 bits per heavy atom. The number of fused-ring (bicyclic) bond motifs is 1. The summed E-state index contributed by atoms with van der Waals surface area (Å²) in [6.07, 6.45) is 0. The fraction of sp³-hybridized carbons (Fsp3) is 0.176. The second-order valence-electron chi connectivity index (χ2n) is 5.55. The maximum absolute atomic E-state index is 12.0. The van der Waals surface area contributed by atoms with Crippen molar-refractivity contribution in [3.8, 4) is 0 Å². The lowest BCUT2D eigenvalue weighted by atomic mass is 9.78. The van der Waals surface area contributed by atoms with Crippen molar-refractivity contribution in [1.29, 1.82) is 0 Å². The number of H-pyrrole nitrogens is 1. The molecule has 106 valence electrons. The molecular formula is C17H15NO2S. The first-order chi connectivity index (χ1) is 9.98. The van der Waals surface area contributed by atoms with Crippen molar-refractivity contribution in [2.24, 2.45) is 0 Å². The van der Waals surface area contributed by atoms with Crippen molar-refractivity contribution >= 4 is 21.4 Å². The van der Waals surface area contributed by atoms with Gasteiger partial charge in [0.1, 0.15) is 0 Å². The number of aromatic amines is 1. The second kappa shape index (κ2) is 4.97. The van der Waals surface area contributed by atoms with Gasteiger partial charge in [0.15, 0.2) is 0 Å². The maximum atomic E-state index is 12.0. The van der Waals surface area contributed by atoms with Gasteiger partial charge in [-0.2, -0.15) is 0 Å². The van der Waals surface area contributed by atoms with E-state index in [9.17, 15) is 9.59 Å². The Kier molecular flexibility index (Phi) is 3.26. The zero-order valence-electron chi connectivity index (χ0n) is 11.8. The summed E-state index contributed by atoms with van der Waals surface area (Å²) in [4.78, 5) is 25.4. The minimum Gasteiger partial charge on any atom is -0.280 e. The quantitative estimate of drug-likeness (QED) is 0.789. The molecule has 3 rings (SSSR count). The van der Waals surface area contributed by atoms with E-state index < -0.39 is 0 Å². The number of rotatable bonds is 2. The molecule has 0 aliphatic rings. The molecule has 0 aliphatic heterocycles. The van der Waals surface area contributed by atoms with Gasteiger partial charge in [-0.05, 0) is 23.3 Å². The molecule has 0 saturated carbocycles. The van der Waals surface area contributed by atoms with E-state index in [2.05, 4.69) is 31.0 Å². The van der Waals surface area contributed by atoms with Crippen LogP contribution in [-0.4, -0.2) is 4.98 Å². The van der Waals surface area contributed by atoms with Crippen LogP contribution in [0.3, 0.4) is 0 Å². The van der Waals surface area contributed by atoms with Crippen molar-refractivity contribution in [2.75, 3.05) is 0 Å².